The summed E-state index contributed by atoms with van der Waals surface area (Å²) >= 11 is 0. The standard InChI is InChI=1S/C14H28O6/c1-13(2,3)19-10-8(7-15)18-12(17)11(9(10)16)20-14(4,5)6/h8-12,15-17H,7H2,1-6H3/t8-,9+,10-,11+,12+/m1/s1. The van der Waals surface area contributed by atoms with Gasteiger partial charge in [-0.05, 0) is 41.5 Å². The third-order valence-corrected chi connectivity index (χ3v) is 2.79. The number of hydrogen-bond donors (Lipinski definition) is 3. The second-order valence-electron chi connectivity index (χ2n) is 7.13. The fourth-order valence-corrected chi connectivity index (χ4v) is 2.15. The Hall–Kier alpha value is -0.240. The van der Waals surface area contributed by atoms with E-state index in [4.69, 9.17) is 14.2 Å². The number of ether oxygens (including phenoxy) is 3. The highest BCUT2D eigenvalue weighted by Crippen LogP contribution is 2.29. The molecule has 0 aliphatic carbocycles. The Labute approximate surface area is 120 Å². The second-order valence-corrected chi connectivity index (χ2v) is 7.13. The second kappa shape index (κ2) is 6.25. The smallest absolute Gasteiger partial charge is 0.184 e. The summed E-state index contributed by atoms with van der Waals surface area (Å²) in [6.07, 6.45) is -4.88. The van der Waals surface area contributed by atoms with Gasteiger partial charge in [0, 0.05) is 0 Å². The highest BCUT2D eigenvalue weighted by molar-refractivity contribution is 4.92. The van der Waals surface area contributed by atoms with E-state index in [1.54, 1.807) is 0 Å². The molecule has 1 aliphatic heterocycles. The lowest BCUT2D eigenvalue weighted by atomic mass is 9.97. The Morgan fingerprint density at radius 2 is 1.35 bits per heavy atom. The lowest BCUT2D eigenvalue weighted by molar-refractivity contribution is -0.325. The van der Waals surface area contributed by atoms with Crippen molar-refractivity contribution in [3.8, 4) is 0 Å². The van der Waals surface area contributed by atoms with Crippen LogP contribution in [-0.4, -0.2) is 63.8 Å². The summed E-state index contributed by atoms with van der Waals surface area (Å²) in [5, 5.41) is 29.7. The van der Waals surface area contributed by atoms with Crippen molar-refractivity contribution in [2.24, 2.45) is 0 Å². The molecule has 1 saturated heterocycles. The SMILES string of the molecule is CC(C)(C)O[C@H]1[C@@H](O)[C@H](OC(C)(C)C)[C@@H](CO)O[C@@H]1O. The molecule has 1 heterocycles. The van der Waals surface area contributed by atoms with Crippen molar-refractivity contribution in [3.05, 3.63) is 0 Å². The molecule has 1 rings (SSSR count). The first kappa shape index (κ1) is 17.8. The van der Waals surface area contributed by atoms with Crippen molar-refractivity contribution >= 4 is 0 Å². The van der Waals surface area contributed by atoms with E-state index in [9.17, 15) is 15.3 Å². The third-order valence-electron chi connectivity index (χ3n) is 2.79. The first-order valence-corrected chi connectivity index (χ1v) is 6.93. The van der Waals surface area contributed by atoms with E-state index in [-0.39, 0.29) is 6.61 Å². The molecule has 1 aliphatic rings. The molecule has 0 aromatic heterocycles. The van der Waals surface area contributed by atoms with E-state index in [1.807, 2.05) is 41.5 Å². The average Bonchev–Trinajstić information content (AvgIpc) is 2.25. The van der Waals surface area contributed by atoms with Crippen LogP contribution in [0.4, 0.5) is 0 Å². The van der Waals surface area contributed by atoms with Crippen molar-refractivity contribution in [2.45, 2.75) is 83.5 Å². The van der Waals surface area contributed by atoms with E-state index in [0.717, 1.165) is 0 Å². The zero-order valence-electron chi connectivity index (χ0n) is 13.2. The van der Waals surface area contributed by atoms with Gasteiger partial charge in [0.25, 0.3) is 0 Å². The van der Waals surface area contributed by atoms with Crippen LogP contribution >= 0.6 is 0 Å². The molecule has 1 fully saturated rings. The minimum Gasteiger partial charge on any atom is -0.394 e. The molecule has 5 atom stereocenters. The third kappa shape index (κ3) is 4.95. The van der Waals surface area contributed by atoms with Crippen molar-refractivity contribution in [1.82, 2.24) is 0 Å². The van der Waals surface area contributed by atoms with E-state index >= 15 is 0 Å². The summed E-state index contributed by atoms with van der Waals surface area (Å²) < 4.78 is 16.7. The fourth-order valence-electron chi connectivity index (χ4n) is 2.15. The van der Waals surface area contributed by atoms with E-state index < -0.39 is 41.9 Å². The van der Waals surface area contributed by atoms with Crippen LogP contribution in [0.2, 0.25) is 0 Å². The van der Waals surface area contributed by atoms with Gasteiger partial charge in [-0.3, -0.25) is 0 Å². The van der Waals surface area contributed by atoms with Crippen LogP contribution < -0.4 is 0 Å². The zero-order chi connectivity index (χ0) is 15.7. The summed E-state index contributed by atoms with van der Waals surface area (Å²) in [7, 11) is 0. The van der Waals surface area contributed by atoms with Crippen LogP contribution in [0.25, 0.3) is 0 Å². The quantitative estimate of drug-likeness (QED) is 0.699. The van der Waals surface area contributed by atoms with Crippen molar-refractivity contribution in [1.29, 1.82) is 0 Å². The monoisotopic (exact) mass is 292 g/mol. The summed E-state index contributed by atoms with van der Waals surface area (Å²) in [6, 6.07) is 0. The van der Waals surface area contributed by atoms with Gasteiger partial charge in [0.15, 0.2) is 6.29 Å². The van der Waals surface area contributed by atoms with Gasteiger partial charge in [-0.2, -0.15) is 0 Å². The fraction of sp³-hybridized carbons (Fsp3) is 1.00. The van der Waals surface area contributed by atoms with Crippen molar-refractivity contribution in [2.75, 3.05) is 6.61 Å². The van der Waals surface area contributed by atoms with Crippen LogP contribution in [0.15, 0.2) is 0 Å². The van der Waals surface area contributed by atoms with Crippen LogP contribution in [-0.2, 0) is 14.2 Å². The molecule has 20 heavy (non-hydrogen) atoms. The number of hydrogen-bond acceptors (Lipinski definition) is 6. The number of aliphatic hydroxyl groups excluding tert-OH is 3. The Bertz CT molecular complexity index is 306. The van der Waals surface area contributed by atoms with Crippen molar-refractivity contribution < 1.29 is 29.5 Å². The van der Waals surface area contributed by atoms with Crippen LogP contribution in [0, 0.1) is 0 Å². The molecule has 120 valence electrons. The van der Waals surface area contributed by atoms with Gasteiger partial charge >= 0.3 is 0 Å². The summed E-state index contributed by atoms with van der Waals surface area (Å²) in [4.78, 5) is 0. The minimum atomic E-state index is -1.30. The Morgan fingerprint density at radius 3 is 1.75 bits per heavy atom. The molecule has 0 bridgehead atoms. The molecular weight excluding hydrogens is 264 g/mol. The predicted octanol–water partition coefficient (Wildman–Crippen LogP) is 0.424. The molecule has 0 spiro atoms. The summed E-state index contributed by atoms with van der Waals surface area (Å²) in [5.74, 6) is 0. The molecule has 6 heteroatoms. The highest BCUT2D eigenvalue weighted by Gasteiger charge is 2.48. The zero-order valence-corrected chi connectivity index (χ0v) is 13.2. The van der Waals surface area contributed by atoms with Gasteiger partial charge in [0.1, 0.15) is 24.4 Å². The van der Waals surface area contributed by atoms with E-state index in [2.05, 4.69) is 0 Å². The Kier molecular flexibility index (Phi) is 5.57. The van der Waals surface area contributed by atoms with Crippen LogP contribution in [0.3, 0.4) is 0 Å². The van der Waals surface area contributed by atoms with Gasteiger partial charge in [0.2, 0.25) is 0 Å². The number of rotatable bonds is 3. The maximum Gasteiger partial charge on any atom is 0.184 e. The van der Waals surface area contributed by atoms with Crippen LogP contribution in [0.1, 0.15) is 41.5 Å². The molecule has 0 aromatic carbocycles. The normalized spacial score (nSPS) is 36.1. The maximum absolute atomic E-state index is 10.4. The highest BCUT2D eigenvalue weighted by atomic mass is 16.7. The van der Waals surface area contributed by atoms with Gasteiger partial charge in [-0.15, -0.1) is 0 Å². The Morgan fingerprint density at radius 1 is 0.900 bits per heavy atom. The molecule has 6 nitrogen and oxygen atoms in total. The number of aliphatic hydroxyl groups is 3. The van der Waals surface area contributed by atoms with Gasteiger partial charge in [-0.1, -0.05) is 0 Å². The van der Waals surface area contributed by atoms with E-state index in [0.29, 0.717) is 0 Å². The van der Waals surface area contributed by atoms with E-state index in [1.165, 1.54) is 0 Å². The minimum absolute atomic E-state index is 0.350. The van der Waals surface area contributed by atoms with Crippen molar-refractivity contribution in [3.63, 3.8) is 0 Å². The lowest BCUT2D eigenvalue weighted by Crippen LogP contribution is -2.62. The first-order valence-electron chi connectivity index (χ1n) is 6.93. The summed E-state index contributed by atoms with van der Waals surface area (Å²) in [6.45, 7) is 10.7. The van der Waals surface area contributed by atoms with Gasteiger partial charge in [-0.25, -0.2) is 0 Å². The first-order chi connectivity index (χ1) is 8.94. The van der Waals surface area contributed by atoms with Crippen LogP contribution in [0.5, 0.6) is 0 Å². The molecule has 3 N–H and O–H groups in total. The van der Waals surface area contributed by atoms with Gasteiger partial charge in [0.05, 0.1) is 17.8 Å². The molecule has 0 saturated carbocycles. The topological polar surface area (TPSA) is 88.4 Å². The molecule has 0 unspecified atom stereocenters. The largest absolute Gasteiger partial charge is 0.394 e. The molecule has 0 aromatic rings. The average molecular weight is 292 g/mol. The molecule has 0 radical (unpaired) electrons. The molecule has 0 amide bonds. The summed E-state index contributed by atoms with van der Waals surface area (Å²) in [5.41, 5.74) is -1.06. The predicted molar refractivity (Wildman–Crippen MR) is 73.2 cm³/mol. The Balaban J connectivity index is 2.90. The molecular formula is C14H28O6. The van der Waals surface area contributed by atoms with Gasteiger partial charge < -0.3 is 29.5 Å². The maximum atomic E-state index is 10.4. The lowest BCUT2D eigenvalue weighted by Gasteiger charge is -2.45.